The lowest BCUT2D eigenvalue weighted by Gasteiger charge is -2.34. The molecule has 6 heteroatoms. The fourth-order valence-electron chi connectivity index (χ4n) is 4.19. The highest BCUT2D eigenvalue weighted by Crippen LogP contribution is 2.34. The minimum absolute atomic E-state index is 0.0788. The van der Waals surface area contributed by atoms with Crippen molar-refractivity contribution in [3.63, 3.8) is 0 Å². The van der Waals surface area contributed by atoms with Crippen LogP contribution in [0.25, 0.3) is 0 Å². The van der Waals surface area contributed by atoms with Gasteiger partial charge in [0.25, 0.3) is 0 Å². The molecule has 2 N–H and O–H groups in total. The van der Waals surface area contributed by atoms with E-state index in [4.69, 9.17) is 9.94 Å². The second kappa shape index (κ2) is 9.03. The lowest BCUT2D eigenvalue weighted by Crippen LogP contribution is -2.45. The Hall–Kier alpha value is -2.08. The molecule has 1 saturated heterocycles. The van der Waals surface area contributed by atoms with E-state index in [1.807, 2.05) is 35.2 Å². The Morgan fingerprint density at radius 3 is 2.46 bits per heavy atom. The fraction of sp³-hybridized carbons (Fsp3) is 0.600. The van der Waals surface area contributed by atoms with Crippen molar-refractivity contribution in [3.05, 3.63) is 30.3 Å². The molecule has 2 atom stereocenters. The number of piperidine rings is 1. The molecule has 6 nitrogen and oxygen atoms in total. The monoisotopic (exact) mass is 360 g/mol. The van der Waals surface area contributed by atoms with Crippen LogP contribution in [0.1, 0.15) is 38.5 Å². The largest absolute Gasteiger partial charge is 0.494 e. The van der Waals surface area contributed by atoms with Gasteiger partial charge in [0.2, 0.25) is 11.8 Å². The van der Waals surface area contributed by atoms with E-state index in [2.05, 4.69) is 0 Å². The highest BCUT2D eigenvalue weighted by molar-refractivity contribution is 5.87. The van der Waals surface area contributed by atoms with Crippen LogP contribution < -0.4 is 10.2 Å². The van der Waals surface area contributed by atoms with Crippen LogP contribution in [0.15, 0.2) is 30.3 Å². The van der Waals surface area contributed by atoms with Gasteiger partial charge in [-0.3, -0.25) is 14.8 Å². The van der Waals surface area contributed by atoms with Gasteiger partial charge in [-0.1, -0.05) is 24.6 Å². The molecule has 1 aromatic rings. The fourth-order valence-corrected chi connectivity index (χ4v) is 4.19. The Morgan fingerprint density at radius 2 is 1.77 bits per heavy atom. The molecule has 0 unspecified atom stereocenters. The summed E-state index contributed by atoms with van der Waals surface area (Å²) in [5.74, 6) is 0.464. The number of nitrogens with zero attached hydrogens (tertiary/aromatic N) is 1. The van der Waals surface area contributed by atoms with Gasteiger partial charge in [-0.05, 0) is 50.2 Å². The van der Waals surface area contributed by atoms with Gasteiger partial charge in [0.15, 0.2) is 0 Å². The normalized spacial score (nSPS) is 23.7. The summed E-state index contributed by atoms with van der Waals surface area (Å²) in [5, 5.41) is 8.87. The number of rotatable bonds is 6. The molecule has 26 heavy (non-hydrogen) atoms. The molecule has 0 radical (unpaired) electrons. The summed E-state index contributed by atoms with van der Waals surface area (Å²) in [6.07, 6.45) is 5.23. The molecule has 0 spiro atoms. The molecular weight excluding hydrogens is 332 g/mol. The first-order valence-electron chi connectivity index (χ1n) is 9.59. The van der Waals surface area contributed by atoms with Crippen molar-refractivity contribution in [2.45, 2.75) is 38.5 Å². The van der Waals surface area contributed by atoms with E-state index < -0.39 is 5.91 Å². The molecule has 1 saturated carbocycles. The Balaban J connectivity index is 1.41. The van der Waals surface area contributed by atoms with Gasteiger partial charge in [-0.15, -0.1) is 0 Å². The van der Waals surface area contributed by atoms with Crippen LogP contribution in [0.4, 0.5) is 0 Å². The number of hydroxylamine groups is 1. The first-order valence-corrected chi connectivity index (χ1v) is 9.59. The van der Waals surface area contributed by atoms with Gasteiger partial charge in [0.05, 0.1) is 12.5 Å². The second-order valence-corrected chi connectivity index (χ2v) is 7.34. The van der Waals surface area contributed by atoms with Crippen molar-refractivity contribution in [2.24, 2.45) is 17.8 Å². The molecule has 2 aliphatic rings. The van der Waals surface area contributed by atoms with Crippen LogP contribution in [0, 0.1) is 17.8 Å². The zero-order valence-corrected chi connectivity index (χ0v) is 15.1. The zero-order valence-electron chi connectivity index (χ0n) is 15.1. The van der Waals surface area contributed by atoms with Gasteiger partial charge < -0.3 is 9.64 Å². The maximum Gasteiger partial charge on any atom is 0.247 e. The Kier molecular flexibility index (Phi) is 6.50. The zero-order chi connectivity index (χ0) is 18.4. The molecule has 1 aliphatic heterocycles. The van der Waals surface area contributed by atoms with Crippen molar-refractivity contribution in [2.75, 3.05) is 19.7 Å². The number of likely N-dealkylation sites (tertiary alicyclic amines) is 1. The van der Waals surface area contributed by atoms with E-state index in [9.17, 15) is 9.59 Å². The number of amides is 2. The van der Waals surface area contributed by atoms with Crippen molar-refractivity contribution < 1.29 is 19.5 Å². The summed E-state index contributed by atoms with van der Waals surface area (Å²) in [6, 6.07) is 9.82. The van der Waals surface area contributed by atoms with E-state index in [0.717, 1.165) is 50.9 Å². The lowest BCUT2D eigenvalue weighted by atomic mass is 9.90. The van der Waals surface area contributed by atoms with Crippen LogP contribution >= 0.6 is 0 Å². The standard InChI is InChI=1S/C20H28N2O4/c23-19(21-25)17-7-4-8-18(17)20(24)22-12-9-15(10-13-22)11-14-26-16-5-2-1-3-6-16/h1-3,5-6,15,17-18,25H,4,7-14H2,(H,21,23)/t17-,18-/m0/s1. The van der Waals surface area contributed by atoms with E-state index >= 15 is 0 Å². The number of benzene rings is 1. The van der Waals surface area contributed by atoms with Crippen molar-refractivity contribution in [3.8, 4) is 5.75 Å². The Morgan fingerprint density at radius 1 is 1.08 bits per heavy atom. The summed E-state index contributed by atoms with van der Waals surface area (Å²) in [4.78, 5) is 26.4. The van der Waals surface area contributed by atoms with Gasteiger partial charge in [-0.25, -0.2) is 5.48 Å². The number of para-hydroxylation sites is 1. The van der Waals surface area contributed by atoms with Gasteiger partial charge in [0, 0.05) is 19.0 Å². The summed E-state index contributed by atoms with van der Waals surface area (Å²) in [6.45, 7) is 2.20. The number of carbonyl (C=O) groups is 2. The third-order valence-corrected chi connectivity index (χ3v) is 5.74. The highest BCUT2D eigenvalue weighted by Gasteiger charge is 2.40. The predicted molar refractivity (Wildman–Crippen MR) is 96.6 cm³/mol. The first-order chi connectivity index (χ1) is 12.7. The van der Waals surface area contributed by atoms with Crippen molar-refractivity contribution in [1.29, 1.82) is 0 Å². The minimum Gasteiger partial charge on any atom is -0.494 e. The molecule has 2 fully saturated rings. The van der Waals surface area contributed by atoms with Crippen LogP contribution in [-0.4, -0.2) is 41.6 Å². The van der Waals surface area contributed by atoms with E-state index in [1.165, 1.54) is 0 Å². The molecule has 1 aliphatic carbocycles. The van der Waals surface area contributed by atoms with E-state index in [1.54, 1.807) is 5.48 Å². The van der Waals surface area contributed by atoms with Gasteiger partial charge in [0.1, 0.15) is 5.75 Å². The Labute approximate surface area is 154 Å². The lowest BCUT2D eigenvalue weighted by molar-refractivity contribution is -0.144. The van der Waals surface area contributed by atoms with Crippen molar-refractivity contribution in [1.82, 2.24) is 10.4 Å². The van der Waals surface area contributed by atoms with Crippen LogP contribution in [0.3, 0.4) is 0 Å². The smallest absolute Gasteiger partial charge is 0.247 e. The molecule has 3 rings (SSSR count). The van der Waals surface area contributed by atoms with Crippen LogP contribution in [-0.2, 0) is 9.59 Å². The third-order valence-electron chi connectivity index (χ3n) is 5.74. The number of ether oxygens (including phenoxy) is 1. The molecule has 1 heterocycles. The molecule has 1 aromatic carbocycles. The molecule has 0 bridgehead atoms. The van der Waals surface area contributed by atoms with Crippen LogP contribution in [0.5, 0.6) is 5.75 Å². The minimum atomic E-state index is -0.422. The number of nitrogens with one attached hydrogen (secondary N) is 1. The van der Waals surface area contributed by atoms with E-state index in [-0.39, 0.29) is 17.7 Å². The maximum absolute atomic E-state index is 12.8. The average molecular weight is 360 g/mol. The van der Waals surface area contributed by atoms with Crippen LogP contribution in [0.2, 0.25) is 0 Å². The molecule has 2 amide bonds. The number of hydrogen-bond donors (Lipinski definition) is 2. The number of hydrogen-bond acceptors (Lipinski definition) is 4. The molecule has 0 aromatic heterocycles. The highest BCUT2D eigenvalue weighted by atomic mass is 16.5. The summed E-state index contributed by atoms with van der Waals surface area (Å²) in [5.41, 5.74) is 1.71. The van der Waals surface area contributed by atoms with E-state index in [0.29, 0.717) is 18.9 Å². The molecular formula is C20H28N2O4. The topological polar surface area (TPSA) is 78.9 Å². The second-order valence-electron chi connectivity index (χ2n) is 7.34. The SMILES string of the molecule is O=C(NO)[C@H]1CCC[C@@H]1C(=O)N1CCC(CCOc2ccccc2)CC1. The van der Waals surface area contributed by atoms with Crippen molar-refractivity contribution >= 4 is 11.8 Å². The maximum atomic E-state index is 12.8. The quantitative estimate of drug-likeness (QED) is 0.604. The summed E-state index contributed by atoms with van der Waals surface area (Å²) in [7, 11) is 0. The molecule has 142 valence electrons. The average Bonchev–Trinajstić information content (AvgIpc) is 3.18. The van der Waals surface area contributed by atoms with Gasteiger partial charge >= 0.3 is 0 Å². The predicted octanol–water partition coefficient (Wildman–Crippen LogP) is 2.62. The van der Waals surface area contributed by atoms with Gasteiger partial charge in [-0.2, -0.15) is 0 Å². The first kappa shape index (κ1) is 18.7. The number of carbonyl (C=O) groups excluding carboxylic acids is 2. The summed E-state index contributed by atoms with van der Waals surface area (Å²) < 4.78 is 5.77. The third kappa shape index (κ3) is 4.55. The summed E-state index contributed by atoms with van der Waals surface area (Å²) >= 11 is 0. The Bertz CT molecular complexity index is 599.